The number of azide groups is 1. The van der Waals surface area contributed by atoms with Gasteiger partial charge < -0.3 is 14.9 Å². The average Bonchev–Trinajstić information content (AvgIpc) is 2.35. The Morgan fingerprint density at radius 1 is 1.56 bits per heavy atom. The largest absolute Gasteiger partial charge is 0.481 e. The van der Waals surface area contributed by atoms with Crippen LogP contribution in [-0.2, 0) is 0 Å². The minimum Gasteiger partial charge on any atom is -0.481 e. The molecule has 1 rings (SSSR count). The van der Waals surface area contributed by atoms with Gasteiger partial charge in [-0.05, 0) is 11.6 Å². The Morgan fingerprint density at radius 2 is 2.31 bits per heavy atom. The van der Waals surface area contributed by atoms with Crippen molar-refractivity contribution in [3.63, 3.8) is 0 Å². The average molecular weight is 224 g/mol. The topological polar surface area (TPSA) is 111 Å². The summed E-state index contributed by atoms with van der Waals surface area (Å²) < 4.78 is 4.88. The molecule has 2 unspecified atom stereocenters. The smallest absolute Gasteiger partial charge is 0.213 e. The molecule has 7 nitrogen and oxygen atoms in total. The number of pyridine rings is 1. The molecule has 0 aliphatic heterocycles. The van der Waals surface area contributed by atoms with Crippen molar-refractivity contribution in [3.05, 3.63) is 34.3 Å². The fraction of sp³-hybridized carbons (Fsp3) is 0.444. The molecule has 0 amide bonds. The maximum Gasteiger partial charge on any atom is 0.213 e. The van der Waals surface area contributed by atoms with Crippen molar-refractivity contribution in [2.24, 2.45) is 5.11 Å². The summed E-state index contributed by atoms with van der Waals surface area (Å²) in [6, 6.07) is 4.81. The molecule has 7 heteroatoms. The van der Waals surface area contributed by atoms with Gasteiger partial charge in [0.25, 0.3) is 0 Å². The van der Waals surface area contributed by atoms with Crippen molar-refractivity contribution in [1.29, 1.82) is 0 Å². The molecule has 0 saturated heterocycles. The number of methoxy groups -OCH3 is 1. The number of nitrogens with zero attached hydrogens (tertiary/aromatic N) is 4. The summed E-state index contributed by atoms with van der Waals surface area (Å²) in [5, 5.41) is 22.3. The van der Waals surface area contributed by atoms with Gasteiger partial charge in [0.2, 0.25) is 5.88 Å². The van der Waals surface area contributed by atoms with Gasteiger partial charge in [-0.2, -0.15) is 0 Å². The summed E-state index contributed by atoms with van der Waals surface area (Å²) >= 11 is 0. The van der Waals surface area contributed by atoms with E-state index in [-0.39, 0.29) is 12.2 Å². The molecular formula is C9H12N4O3. The Kier molecular flexibility index (Phi) is 4.53. The van der Waals surface area contributed by atoms with Crippen LogP contribution in [0.25, 0.3) is 10.4 Å². The van der Waals surface area contributed by atoms with Crippen molar-refractivity contribution < 1.29 is 14.9 Å². The summed E-state index contributed by atoms with van der Waals surface area (Å²) in [5.41, 5.74) is 8.34. The highest BCUT2D eigenvalue weighted by Crippen LogP contribution is 2.17. The van der Waals surface area contributed by atoms with Crippen molar-refractivity contribution in [2.45, 2.75) is 12.2 Å². The van der Waals surface area contributed by atoms with E-state index in [1.807, 2.05) is 0 Å². The molecule has 0 bridgehead atoms. The lowest BCUT2D eigenvalue weighted by atomic mass is 10.1. The Labute approximate surface area is 91.9 Å². The van der Waals surface area contributed by atoms with E-state index in [1.54, 1.807) is 18.2 Å². The number of ether oxygens (including phenoxy) is 1. The van der Waals surface area contributed by atoms with E-state index in [2.05, 4.69) is 15.0 Å². The summed E-state index contributed by atoms with van der Waals surface area (Å²) in [5.74, 6) is 0.340. The zero-order valence-corrected chi connectivity index (χ0v) is 8.69. The predicted molar refractivity (Wildman–Crippen MR) is 55.8 cm³/mol. The fourth-order valence-corrected chi connectivity index (χ4v) is 1.13. The third kappa shape index (κ3) is 3.09. The number of hydrogen-bond acceptors (Lipinski definition) is 5. The Hall–Kier alpha value is -1.82. The van der Waals surface area contributed by atoms with Crippen LogP contribution >= 0.6 is 0 Å². The molecule has 0 radical (unpaired) electrons. The van der Waals surface area contributed by atoms with Crippen LogP contribution in [0.4, 0.5) is 0 Å². The second-order valence-electron chi connectivity index (χ2n) is 3.03. The molecule has 0 aliphatic carbocycles. The Bertz CT molecular complexity index is 392. The lowest BCUT2D eigenvalue weighted by Crippen LogP contribution is -2.22. The molecule has 1 heterocycles. The first-order valence-corrected chi connectivity index (χ1v) is 4.57. The van der Waals surface area contributed by atoms with Crippen LogP contribution in [0.3, 0.4) is 0 Å². The first-order valence-electron chi connectivity index (χ1n) is 4.57. The van der Waals surface area contributed by atoms with Crippen LogP contribution in [-0.4, -0.2) is 35.0 Å². The van der Waals surface area contributed by atoms with Gasteiger partial charge in [-0.15, -0.1) is 0 Å². The van der Waals surface area contributed by atoms with Gasteiger partial charge in [0.15, 0.2) is 0 Å². The first kappa shape index (κ1) is 12.3. The zero-order valence-electron chi connectivity index (χ0n) is 8.69. The maximum absolute atomic E-state index is 9.68. The lowest BCUT2D eigenvalue weighted by molar-refractivity contribution is 0.0215. The van der Waals surface area contributed by atoms with Gasteiger partial charge in [-0.3, -0.25) is 0 Å². The van der Waals surface area contributed by atoms with Gasteiger partial charge in [-0.25, -0.2) is 4.98 Å². The number of hydrogen-bond donors (Lipinski definition) is 2. The molecule has 2 N–H and O–H groups in total. The zero-order chi connectivity index (χ0) is 12.0. The van der Waals surface area contributed by atoms with E-state index in [4.69, 9.17) is 10.3 Å². The quantitative estimate of drug-likeness (QED) is 0.437. The van der Waals surface area contributed by atoms with E-state index < -0.39 is 12.2 Å². The van der Waals surface area contributed by atoms with E-state index in [1.165, 1.54) is 7.11 Å². The second kappa shape index (κ2) is 5.92. The number of aliphatic hydroxyl groups is 2. The molecule has 0 fully saturated rings. The minimum atomic E-state index is -1.21. The molecule has 1 aromatic heterocycles. The molecule has 2 atom stereocenters. The van der Waals surface area contributed by atoms with Crippen LogP contribution < -0.4 is 4.74 Å². The van der Waals surface area contributed by atoms with E-state index in [0.717, 1.165) is 0 Å². The number of aliphatic hydroxyl groups excluding tert-OH is 2. The number of aromatic nitrogens is 1. The van der Waals surface area contributed by atoms with Gasteiger partial charge in [-0.1, -0.05) is 11.2 Å². The van der Waals surface area contributed by atoms with Crippen LogP contribution in [0.15, 0.2) is 23.3 Å². The van der Waals surface area contributed by atoms with E-state index >= 15 is 0 Å². The Balaban J connectivity index is 2.78. The summed E-state index contributed by atoms with van der Waals surface area (Å²) in [7, 11) is 1.45. The minimum absolute atomic E-state index is 0.212. The third-order valence-corrected chi connectivity index (χ3v) is 1.95. The third-order valence-electron chi connectivity index (χ3n) is 1.95. The highest BCUT2D eigenvalue weighted by molar-refractivity contribution is 5.17. The summed E-state index contributed by atoms with van der Waals surface area (Å²) in [6.07, 6.45) is -2.39. The molecule has 86 valence electrons. The van der Waals surface area contributed by atoms with Crippen LogP contribution in [0.1, 0.15) is 11.8 Å². The van der Waals surface area contributed by atoms with Gasteiger partial charge in [0.1, 0.15) is 6.10 Å². The first-order chi connectivity index (χ1) is 7.69. The van der Waals surface area contributed by atoms with Crippen molar-refractivity contribution in [3.8, 4) is 5.88 Å². The van der Waals surface area contributed by atoms with Crippen LogP contribution in [0.5, 0.6) is 5.88 Å². The van der Waals surface area contributed by atoms with Crippen LogP contribution in [0, 0.1) is 0 Å². The monoisotopic (exact) mass is 224 g/mol. The normalized spacial score (nSPS) is 13.7. The summed E-state index contributed by atoms with van der Waals surface area (Å²) in [6.45, 7) is -0.212. The van der Waals surface area contributed by atoms with Crippen LogP contribution in [0.2, 0.25) is 0 Å². The van der Waals surface area contributed by atoms with Gasteiger partial charge in [0.05, 0.1) is 25.5 Å². The predicted octanol–water partition coefficient (Wildman–Crippen LogP) is 0.795. The lowest BCUT2D eigenvalue weighted by Gasteiger charge is -2.15. The maximum atomic E-state index is 9.68. The SMILES string of the molecule is COc1cccc(C(O)C(O)CN=[N+]=[N-])n1. The molecule has 0 aromatic carbocycles. The van der Waals surface area contributed by atoms with Gasteiger partial charge >= 0.3 is 0 Å². The standard InChI is InChI=1S/C9H12N4O3/c1-16-8-4-2-3-6(12-8)9(15)7(14)5-11-13-10/h2-4,7,9,14-15H,5H2,1H3. The molecule has 1 aromatic rings. The molecule has 0 aliphatic rings. The molecule has 0 saturated carbocycles. The highest BCUT2D eigenvalue weighted by atomic mass is 16.5. The van der Waals surface area contributed by atoms with E-state index in [9.17, 15) is 10.2 Å². The second-order valence-corrected chi connectivity index (χ2v) is 3.03. The fourth-order valence-electron chi connectivity index (χ4n) is 1.13. The highest BCUT2D eigenvalue weighted by Gasteiger charge is 2.19. The van der Waals surface area contributed by atoms with Crippen molar-refractivity contribution in [2.75, 3.05) is 13.7 Å². The molecular weight excluding hydrogens is 212 g/mol. The Morgan fingerprint density at radius 3 is 2.94 bits per heavy atom. The van der Waals surface area contributed by atoms with E-state index in [0.29, 0.717) is 5.88 Å². The van der Waals surface area contributed by atoms with Crippen molar-refractivity contribution >= 4 is 0 Å². The van der Waals surface area contributed by atoms with Gasteiger partial charge in [0, 0.05) is 11.0 Å². The summed E-state index contributed by atoms with van der Waals surface area (Å²) in [4.78, 5) is 6.45. The van der Waals surface area contributed by atoms with Crippen molar-refractivity contribution in [1.82, 2.24) is 4.98 Å². The molecule has 0 spiro atoms. The molecule has 16 heavy (non-hydrogen) atoms. The number of rotatable bonds is 5.